The molecule has 0 radical (unpaired) electrons. The molecule has 0 fully saturated rings. The number of alkyl halides is 3. The zero-order chi connectivity index (χ0) is 15.0. The third kappa shape index (κ3) is 2.42. The molecule has 0 aliphatic carbocycles. The van der Waals surface area contributed by atoms with Crippen LogP contribution in [0, 0.1) is 0 Å². The van der Waals surface area contributed by atoms with Gasteiger partial charge < -0.3 is 5.73 Å². The minimum absolute atomic E-state index is 0.0983. The third-order valence-corrected chi connectivity index (χ3v) is 3.35. The van der Waals surface area contributed by atoms with Crippen LogP contribution in [0.3, 0.4) is 0 Å². The molecular weight excluding hydrogens is 277 g/mol. The molecule has 3 rings (SSSR count). The van der Waals surface area contributed by atoms with Crippen molar-refractivity contribution in [3.63, 3.8) is 0 Å². The van der Waals surface area contributed by atoms with Gasteiger partial charge in [-0.3, -0.25) is 4.98 Å². The van der Waals surface area contributed by atoms with Gasteiger partial charge in [-0.2, -0.15) is 13.2 Å². The van der Waals surface area contributed by atoms with Gasteiger partial charge in [0, 0.05) is 29.0 Å². The van der Waals surface area contributed by atoms with Crippen molar-refractivity contribution in [2.24, 2.45) is 0 Å². The molecule has 0 saturated carbocycles. The van der Waals surface area contributed by atoms with Crippen molar-refractivity contribution >= 4 is 16.5 Å². The third-order valence-electron chi connectivity index (χ3n) is 3.35. The van der Waals surface area contributed by atoms with Crippen LogP contribution in [0.5, 0.6) is 0 Å². The van der Waals surface area contributed by atoms with Gasteiger partial charge in [-0.1, -0.05) is 24.3 Å². The predicted molar refractivity (Wildman–Crippen MR) is 76.6 cm³/mol. The summed E-state index contributed by atoms with van der Waals surface area (Å²) in [6, 6.07) is 10.8. The maximum Gasteiger partial charge on any atom is 0.416 e. The molecule has 0 atom stereocenters. The fraction of sp³-hybridized carbons (Fsp3) is 0.0625. The van der Waals surface area contributed by atoms with Gasteiger partial charge in [0.1, 0.15) is 0 Å². The molecule has 106 valence electrons. The Morgan fingerprint density at radius 2 is 1.76 bits per heavy atom. The molecule has 0 amide bonds. The van der Waals surface area contributed by atoms with Crippen LogP contribution in [0.25, 0.3) is 21.9 Å². The normalized spacial score (nSPS) is 11.8. The molecule has 0 saturated heterocycles. The van der Waals surface area contributed by atoms with E-state index in [4.69, 9.17) is 5.73 Å². The molecule has 0 unspecified atom stereocenters. The summed E-state index contributed by atoms with van der Waals surface area (Å²) in [5, 5.41) is 1.81. The fourth-order valence-corrected chi connectivity index (χ4v) is 2.33. The van der Waals surface area contributed by atoms with Crippen molar-refractivity contribution in [1.82, 2.24) is 4.98 Å². The lowest BCUT2D eigenvalue weighted by molar-refractivity contribution is -0.137. The Hall–Kier alpha value is -2.56. The average Bonchev–Trinajstić information content (AvgIpc) is 2.46. The summed E-state index contributed by atoms with van der Waals surface area (Å²) in [7, 11) is 0. The quantitative estimate of drug-likeness (QED) is 0.669. The van der Waals surface area contributed by atoms with Crippen LogP contribution in [-0.2, 0) is 6.18 Å². The smallest absolute Gasteiger partial charge is 0.398 e. The maximum absolute atomic E-state index is 12.7. The summed E-state index contributed by atoms with van der Waals surface area (Å²) in [6.45, 7) is 0. The van der Waals surface area contributed by atoms with Gasteiger partial charge in [-0.05, 0) is 29.1 Å². The van der Waals surface area contributed by atoms with Crippen LogP contribution < -0.4 is 5.73 Å². The number of hydrogen-bond donors (Lipinski definition) is 1. The van der Waals surface area contributed by atoms with Crippen LogP contribution in [0.2, 0.25) is 0 Å². The molecule has 2 nitrogen and oxygen atoms in total. The van der Waals surface area contributed by atoms with Crippen LogP contribution in [0.4, 0.5) is 18.9 Å². The van der Waals surface area contributed by atoms with Crippen LogP contribution >= 0.6 is 0 Å². The number of pyridine rings is 1. The number of hydrogen-bond acceptors (Lipinski definition) is 2. The van der Waals surface area contributed by atoms with Crippen molar-refractivity contribution < 1.29 is 13.2 Å². The van der Waals surface area contributed by atoms with Crippen molar-refractivity contribution in [2.45, 2.75) is 6.18 Å². The number of nitrogens with zero attached hydrogens (tertiary/aromatic N) is 1. The van der Waals surface area contributed by atoms with Gasteiger partial charge in [0.15, 0.2) is 0 Å². The minimum atomic E-state index is -4.40. The molecule has 2 N–H and O–H groups in total. The predicted octanol–water partition coefficient (Wildman–Crippen LogP) is 4.50. The lowest BCUT2D eigenvalue weighted by Crippen LogP contribution is -2.06. The van der Waals surface area contributed by atoms with E-state index in [0.29, 0.717) is 5.56 Å². The number of nitrogens with two attached hydrogens (primary N) is 1. The molecule has 0 aliphatic heterocycles. The molecule has 0 aliphatic rings. The molecule has 0 bridgehead atoms. The number of halogens is 3. The summed E-state index contributed by atoms with van der Waals surface area (Å²) < 4.78 is 38.1. The Morgan fingerprint density at radius 1 is 0.952 bits per heavy atom. The van der Waals surface area contributed by atoms with Crippen molar-refractivity contribution in [3.8, 4) is 11.1 Å². The number of fused-ring (bicyclic) bond motifs is 1. The summed E-state index contributed by atoms with van der Waals surface area (Å²) in [5.74, 6) is 0. The second kappa shape index (κ2) is 4.77. The zero-order valence-electron chi connectivity index (χ0n) is 10.9. The van der Waals surface area contributed by atoms with Gasteiger partial charge in [0.05, 0.1) is 5.56 Å². The highest BCUT2D eigenvalue weighted by Gasteiger charge is 2.30. The topological polar surface area (TPSA) is 38.9 Å². The summed E-state index contributed by atoms with van der Waals surface area (Å²) >= 11 is 0. The Bertz CT molecular complexity index is 805. The van der Waals surface area contributed by atoms with E-state index in [1.54, 1.807) is 12.4 Å². The van der Waals surface area contributed by atoms with Crippen molar-refractivity contribution in [3.05, 3.63) is 60.4 Å². The molecular formula is C16H11F3N2. The van der Waals surface area contributed by atoms with Crippen LogP contribution in [0.1, 0.15) is 5.56 Å². The van der Waals surface area contributed by atoms with E-state index < -0.39 is 11.7 Å². The van der Waals surface area contributed by atoms with Gasteiger partial charge in [0.2, 0.25) is 0 Å². The van der Waals surface area contributed by atoms with E-state index in [1.807, 2.05) is 24.3 Å². The lowest BCUT2D eigenvalue weighted by atomic mass is 9.97. The van der Waals surface area contributed by atoms with Crippen LogP contribution in [0.15, 0.2) is 54.9 Å². The Kier molecular flexibility index (Phi) is 3.05. The molecule has 3 aromatic rings. The molecule has 21 heavy (non-hydrogen) atoms. The maximum atomic E-state index is 12.7. The Balaban J connectivity index is 2.20. The van der Waals surface area contributed by atoms with E-state index in [9.17, 15) is 13.2 Å². The average molecular weight is 288 g/mol. The molecule has 0 spiro atoms. The summed E-state index contributed by atoms with van der Waals surface area (Å²) in [5.41, 5.74) is 6.51. The second-order valence-electron chi connectivity index (χ2n) is 4.70. The second-order valence-corrected chi connectivity index (χ2v) is 4.70. The van der Waals surface area contributed by atoms with Gasteiger partial charge in [0.25, 0.3) is 0 Å². The number of rotatable bonds is 1. The van der Waals surface area contributed by atoms with Crippen LogP contribution in [-0.4, -0.2) is 4.98 Å². The summed E-state index contributed by atoms with van der Waals surface area (Å²) in [4.78, 5) is 4.06. The number of nitrogen functional groups attached to an aromatic ring is 1. The van der Waals surface area contributed by atoms with E-state index >= 15 is 0 Å². The SMILES string of the molecule is Nc1cc(C(F)(F)F)ccc1-c1cccc2ccncc12. The first-order chi connectivity index (χ1) is 9.97. The molecule has 1 heterocycles. The van der Waals surface area contributed by atoms with Crippen molar-refractivity contribution in [2.75, 3.05) is 5.73 Å². The van der Waals surface area contributed by atoms with Crippen molar-refractivity contribution in [1.29, 1.82) is 0 Å². The molecule has 5 heteroatoms. The largest absolute Gasteiger partial charge is 0.416 e. The first-order valence-corrected chi connectivity index (χ1v) is 6.26. The molecule has 2 aromatic carbocycles. The van der Waals surface area contributed by atoms with E-state index in [-0.39, 0.29) is 5.69 Å². The van der Waals surface area contributed by atoms with Gasteiger partial charge in [-0.15, -0.1) is 0 Å². The highest BCUT2D eigenvalue weighted by Crippen LogP contribution is 2.36. The number of anilines is 1. The van der Waals surface area contributed by atoms with Gasteiger partial charge in [-0.25, -0.2) is 0 Å². The number of benzene rings is 2. The Labute approximate surface area is 119 Å². The summed E-state index contributed by atoms with van der Waals surface area (Å²) in [6.07, 6.45) is -1.04. The fourth-order valence-electron chi connectivity index (χ4n) is 2.33. The lowest BCUT2D eigenvalue weighted by Gasteiger charge is -2.12. The highest BCUT2D eigenvalue weighted by molar-refractivity contribution is 5.98. The monoisotopic (exact) mass is 288 g/mol. The van der Waals surface area contributed by atoms with E-state index in [2.05, 4.69) is 4.98 Å². The first-order valence-electron chi connectivity index (χ1n) is 6.26. The van der Waals surface area contributed by atoms with Gasteiger partial charge >= 0.3 is 6.18 Å². The zero-order valence-corrected chi connectivity index (χ0v) is 10.9. The van der Waals surface area contributed by atoms with E-state index in [1.165, 1.54) is 6.07 Å². The highest BCUT2D eigenvalue weighted by atomic mass is 19.4. The standard InChI is InChI=1S/C16H11F3N2/c17-16(18,19)11-4-5-13(15(20)8-11)12-3-1-2-10-6-7-21-9-14(10)12/h1-9H,20H2. The molecule has 1 aromatic heterocycles. The first kappa shape index (κ1) is 13.4. The van der Waals surface area contributed by atoms with E-state index in [0.717, 1.165) is 28.5 Å². The minimum Gasteiger partial charge on any atom is -0.398 e. The Morgan fingerprint density at radius 3 is 2.48 bits per heavy atom. The number of aromatic nitrogens is 1.